The van der Waals surface area contributed by atoms with Crippen molar-refractivity contribution in [1.82, 2.24) is 15.3 Å². The van der Waals surface area contributed by atoms with Gasteiger partial charge in [-0.25, -0.2) is 9.97 Å². The first kappa shape index (κ1) is 10.5. The Kier molecular flexibility index (Phi) is 3.11. The SMILES string of the molecule is c1nc(C2CCSC2)nc2c1CCNCC2. The van der Waals surface area contributed by atoms with E-state index in [0.717, 1.165) is 31.8 Å². The predicted octanol–water partition coefficient (Wildman–Crippen LogP) is 1.39. The number of nitrogens with zero attached hydrogens (tertiary/aromatic N) is 2. The van der Waals surface area contributed by atoms with Gasteiger partial charge in [0.15, 0.2) is 0 Å². The van der Waals surface area contributed by atoms with E-state index in [1.54, 1.807) is 0 Å². The predicted molar refractivity (Wildman–Crippen MR) is 67.0 cm³/mol. The molecule has 16 heavy (non-hydrogen) atoms. The van der Waals surface area contributed by atoms with Gasteiger partial charge in [0.25, 0.3) is 0 Å². The highest BCUT2D eigenvalue weighted by Crippen LogP contribution is 2.30. The van der Waals surface area contributed by atoms with E-state index in [0.29, 0.717) is 5.92 Å². The molecule has 4 heteroatoms. The number of thioether (sulfide) groups is 1. The fraction of sp³-hybridized carbons (Fsp3) is 0.667. The average molecular weight is 235 g/mol. The van der Waals surface area contributed by atoms with Gasteiger partial charge in [0.05, 0.1) is 0 Å². The van der Waals surface area contributed by atoms with E-state index in [4.69, 9.17) is 4.98 Å². The van der Waals surface area contributed by atoms with Gasteiger partial charge in [-0.2, -0.15) is 11.8 Å². The zero-order chi connectivity index (χ0) is 10.8. The molecule has 2 aliphatic rings. The van der Waals surface area contributed by atoms with E-state index in [9.17, 15) is 0 Å². The normalized spacial score (nSPS) is 25.1. The van der Waals surface area contributed by atoms with Crippen LogP contribution in [0.5, 0.6) is 0 Å². The maximum atomic E-state index is 4.79. The van der Waals surface area contributed by atoms with E-state index in [2.05, 4.69) is 16.5 Å². The van der Waals surface area contributed by atoms with Crippen molar-refractivity contribution in [2.24, 2.45) is 0 Å². The first-order valence-electron chi connectivity index (χ1n) is 6.06. The zero-order valence-electron chi connectivity index (χ0n) is 9.41. The van der Waals surface area contributed by atoms with E-state index in [-0.39, 0.29) is 0 Å². The maximum absolute atomic E-state index is 4.79. The third-order valence-corrected chi connectivity index (χ3v) is 4.54. The van der Waals surface area contributed by atoms with Crippen molar-refractivity contribution in [1.29, 1.82) is 0 Å². The Morgan fingerprint density at radius 3 is 3.12 bits per heavy atom. The molecule has 1 fully saturated rings. The molecule has 2 aliphatic heterocycles. The van der Waals surface area contributed by atoms with E-state index < -0.39 is 0 Å². The third-order valence-electron chi connectivity index (χ3n) is 3.38. The molecule has 1 unspecified atom stereocenters. The first-order valence-corrected chi connectivity index (χ1v) is 7.22. The molecule has 3 nitrogen and oxygen atoms in total. The Bertz CT molecular complexity index is 375. The van der Waals surface area contributed by atoms with E-state index >= 15 is 0 Å². The second-order valence-corrected chi connectivity index (χ2v) is 5.66. The van der Waals surface area contributed by atoms with Crippen LogP contribution in [0.3, 0.4) is 0 Å². The lowest BCUT2D eigenvalue weighted by molar-refractivity contribution is 0.694. The van der Waals surface area contributed by atoms with Gasteiger partial charge in [0, 0.05) is 36.5 Å². The Morgan fingerprint density at radius 2 is 2.25 bits per heavy atom. The van der Waals surface area contributed by atoms with Gasteiger partial charge in [0.2, 0.25) is 0 Å². The lowest BCUT2D eigenvalue weighted by atomic mass is 10.1. The number of rotatable bonds is 1. The van der Waals surface area contributed by atoms with Gasteiger partial charge in [-0.15, -0.1) is 0 Å². The molecular weight excluding hydrogens is 218 g/mol. The highest BCUT2D eigenvalue weighted by atomic mass is 32.2. The summed E-state index contributed by atoms with van der Waals surface area (Å²) in [7, 11) is 0. The van der Waals surface area contributed by atoms with Crippen LogP contribution in [0.25, 0.3) is 0 Å². The van der Waals surface area contributed by atoms with Crippen molar-refractivity contribution in [2.45, 2.75) is 25.2 Å². The number of hydrogen-bond acceptors (Lipinski definition) is 4. The molecule has 3 heterocycles. The Morgan fingerprint density at radius 1 is 1.31 bits per heavy atom. The monoisotopic (exact) mass is 235 g/mol. The molecule has 0 amide bonds. The molecule has 1 aromatic heterocycles. The second-order valence-electron chi connectivity index (χ2n) is 4.51. The average Bonchev–Trinajstić information content (AvgIpc) is 2.74. The summed E-state index contributed by atoms with van der Waals surface area (Å²) < 4.78 is 0. The molecule has 86 valence electrons. The van der Waals surface area contributed by atoms with Gasteiger partial charge in [-0.3, -0.25) is 0 Å². The largest absolute Gasteiger partial charge is 0.316 e. The molecule has 0 aromatic carbocycles. The quantitative estimate of drug-likeness (QED) is 0.798. The van der Waals surface area contributed by atoms with Crippen LogP contribution < -0.4 is 5.32 Å². The van der Waals surface area contributed by atoms with E-state index in [1.165, 1.54) is 29.2 Å². The Balaban J connectivity index is 1.88. The van der Waals surface area contributed by atoms with Crippen molar-refractivity contribution in [3.05, 3.63) is 23.3 Å². The summed E-state index contributed by atoms with van der Waals surface area (Å²) in [5.74, 6) is 4.17. The van der Waals surface area contributed by atoms with Gasteiger partial charge >= 0.3 is 0 Å². The molecule has 0 radical (unpaired) electrons. The molecule has 1 N–H and O–H groups in total. The molecule has 0 saturated carbocycles. The van der Waals surface area contributed by atoms with Crippen LogP contribution in [0, 0.1) is 0 Å². The number of fused-ring (bicyclic) bond motifs is 1. The van der Waals surface area contributed by atoms with E-state index in [1.807, 2.05) is 11.8 Å². The smallest absolute Gasteiger partial charge is 0.132 e. The minimum Gasteiger partial charge on any atom is -0.316 e. The van der Waals surface area contributed by atoms with Crippen LogP contribution in [0.4, 0.5) is 0 Å². The molecule has 1 saturated heterocycles. The van der Waals surface area contributed by atoms with Crippen LogP contribution in [0.1, 0.15) is 29.4 Å². The molecule has 0 bridgehead atoms. The lowest BCUT2D eigenvalue weighted by Crippen LogP contribution is -2.16. The summed E-state index contributed by atoms with van der Waals surface area (Å²) >= 11 is 2.03. The second kappa shape index (κ2) is 4.72. The highest BCUT2D eigenvalue weighted by molar-refractivity contribution is 7.99. The Hall–Kier alpha value is -0.610. The maximum Gasteiger partial charge on any atom is 0.132 e. The summed E-state index contributed by atoms with van der Waals surface area (Å²) in [5.41, 5.74) is 2.63. The third kappa shape index (κ3) is 2.09. The number of nitrogens with one attached hydrogen (secondary N) is 1. The first-order chi connectivity index (χ1) is 7.93. The molecule has 0 spiro atoms. The van der Waals surface area contributed by atoms with Gasteiger partial charge in [-0.05, 0) is 30.7 Å². The molecule has 0 aliphatic carbocycles. The Labute approximate surface area is 100 Å². The van der Waals surface area contributed by atoms with Crippen LogP contribution >= 0.6 is 11.8 Å². The lowest BCUT2D eigenvalue weighted by Gasteiger charge is -2.10. The summed E-state index contributed by atoms with van der Waals surface area (Å²) in [6.45, 7) is 2.12. The molecule has 1 atom stereocenters. The molecule has 3 rings (SSSR count). The van der Waals surface area contributed by atoms with Crippen LogP contribution in [-0.4, -0.2) is 34.6 Å². The number of aromatic nitrogens is 2. The van der Waals surface area contributed by atoms with Crippen LogP contribution in [-0.2, 0) is 12.8 Å². The molecular formula is C12H17N3S. The number of hydrogen-bond donors (Lipinski definition) is 1. The van der Waals surface area contributed by atoms with Crippen molar-refractivity contribution in [2.75, 3.05) is 24.6 Å². The van der Waals surface area contributed by atoms with Crippen LogP contribution in [0.15, 0.2) is 6.20 Å². The topological polar surface area (TPSA) is 37.8 Å². The summed E-state index contributed by atoms with van der Waals surface area (Å²) in [6.07, 6.45) is 5.45. The van der Waals surface area contributed by atoms with Crippen molar-refractivity contribution in [3.8, 4) is 0 Å². The summed E-state index contributed by atoms with van der Waals surface area (Å²) in [5, 5.41) is 3.41. The highest BCUT2D eigenvalue weighted by Gasteiger charge is 2.21. The minimum absolute atomic E-state index is 0.603. The standard InChI is InChI=1S/C12H17N3S/c1-4-13-5-2-11-9(1)7-14-12(15-11)10-3-6-16-8-10/h7,10,13H,1-6,8H2. The van der Waals surface area contributed by atoms with Crippen molar-refractivity contribution < 1.29 is 0 Å². The fourth-order valence-electron chi connectivity index (χ4n) is 2.37. The minimum atomic E-state index is 0.603. The zero-order valence-corrected chi connectivity index (χ0v) is 10.2. The van der Waals surface area contributed by atoms with Crippen LogP contribution in [0.2, 0.25) is 0 Å². The van der Waals surface area contributed by atoms with Gasteiger partial charge in [-0.1, -0.05) is 0 Å². The molecule has 1 aromatic rings. The fourth-order valence-corrected chi connectivity index (χ4v) is 3.59. The van der Waals surface area contributed by atoms with Crippen molar-refractivity contribution in [3.63, 3.8) is 0 Å². The summed E-state index contributed by atoms with van der Waals surface area (Å²) in [6, 6.07) is 0. The van der Waals surface area contributed by atoms with Gasteiger partial charge < -0.3 is 5.32 Å². The van der Waals surface area contributed by atoms with Gasteiger partial charge in [0.1, 0.15) is 5.82 Å². The summed E-state index contributed by atoms with van der Waals surface area (Å²) in [4.78, 5) is 9.35. The van der Waals surface area contributed by atoms with Crippen molar-refractivity contribution >= 4 is 11.8 Å².